The SMILES string of the molecule is CCO[C@@H](Cc1ccc(OCC(=O)[N+](=Cc2ccc(Cl)cc2)Cc2ccc(C(C)(C)C)cc2)cc1)C(=O)[O-]. The molecule has 0 aliphatic rings. The van der Waals surface area contributed by atoms with Crippen molar-refractivity contribution in [3.8, 4) is 5.75 Å². The molecule has 0 bridgehead atoms. The van der Waals surface area contributed by atoms with Gasteiger partial charge in [-0.2, -0.15) is 4.58 Å². The van der Waals surface area contributed by atoms with E-state index >= 15 is 0 Å². The lowest BCUT2D eigenvalue weighted by Crippen LogP contribution is -2.39. The van der Waals surface area contributed by atoms with Crippen molar-refractivity contribution in [3.05, 3.63) is 100 Å². The minimum Gasteiger partial charge on any atom is -0.547 e. The van der Waals surface area contributed by atoms with E-state index in [1.165, 1.54) is 5.56 Å². The summed E-state index contributed by atoms with van der Waals surface area (Å²) >= 11 is 6.03. The first-order valence-corrected chi connectivity index (χ1v) is 13.0. The second-order valence-corrected chi connectivity index (χ2v) is 10.5. The molecule has 0 radical (unpaired) electrons. The van der Waals surface area contributed by atoms with Crippen molar-refractivity contribution in [1.29, 1.82) is 0 Å². The number of amides is 1. The molecule has 3 aromatic rings. The van der Waals surface area contributed by atoms with Gasteiger partial charge in [0.05, 0.1) is 5.97 Å². The first-order chi connectivity index (χ1) is 18.0. The molecule has 0 heterocycles. The van der Waals surface area contributed by atoms with Gasteiger partial charge in [-0.15, -0.1) is 0 Å². The summed E-state index contributed by atoms with van der Waals surface area (Å²) in [6.45, 7) is 8.73. The third-order valence-corrected chi connectivity index (χ3v) is 6.26. The van der Waals surface area contributed by atoms with Crippen molar-refractivity contribution in [1.82, 2.24) is 0 Å². The standard InChI is InChI=1S/C31H34ClNO5/c1-5-37-28(30(35)36)18-22-10-16-27(17-11-22)38-21-29(34)33(20-24-8-14-26(32)15-9-24)19-23-6-12-25(13-7-23)31(2,3)4/h6-17,20,28H,5,18-19,21H2,1-4H3/t28-/m0/s1. The average molecular weight is 536 g/mol. The van der Waals surface area contributed by atoms with Gasteiger partial charge in [0, 0.05) is 29.2 Å². The summed E-state index contributed by atoms with van der Waals surface area (Å²) in [6, 6.07) is 22.5. The Kier molecular flexibility index (Phi) is 10.2. The Balaban J connectivity index is 1.72. The molecular weight excluding hydrogens is 502 g/mol. The van der Waals surface area contributed by atoms with Gasteiger partial charge in [0.2, 0.25) is 6.61 Å². The zero-order chi connectivity index (χ0) is 27.7. The number of carboxylic acid groups (broad SMARTS) is 1. The van der Waals surface area contributed by atoms with Crippen LogP contribution in [0.4, 0.5) is 0 Å². The number of carbonyl (C=O) groups excluding carboxylic acids is 2. The first kappa shape index (κ1) is 29.1. The minimum atomic E-state index is -1.25. The number of carbonyl (C=O) groups is 2. The molecule has 200 valence electrons. The Bertz CT molecular complexity index is 1240. The Morgan fingerprint density at radius 1 is 0.947 bits per heavy atom. The van der Waals surface area contributed by atoms with Gasteiger partial charge in [0.1, 0.15) is 11.9 Å². The Morgan fingerprint density at radius 2 is 1.55 bits per heavy atom. The topological polar surface area (TPSA) is 78.7 Å². The van der Waals surface area contributed by atoms with Gasteiger partial charge in [0.25, 0.3) is 0 Å². The van der Waals surface area contributed by atoms with Crippen LogP contribution >= 0.6 is 11.6 Å². The van der Waals surface area contributed by atoms with Crippen LogP contribution in [0.15, 0.2) is 72.8 Å². The molecule has 0 saturated heterocycles. The highest BCUT2D eigenvalue weighted by atomic mass is 35.5. The molecule has 0 unspecified atom stereocenters. The fraction of sp³-hybridized carbons (Fsp3) is 0.323. The van der Waals surface area contributed by atoms with Gasteiger partial charge >= 0.3 is 5.91 Å². The fourth-order valence-corrected chi connectivity index (χ4v) is 3.94. The van der Waals surface area contributed by atoms with Crippen LogP contribution in [-0.4, -0.2) is 42.0 Å². The van der Waals surface area contributed by atoms with Crippen LogP contribution in [0.5, 0.6) is 5.75 Å². The second kappa shape index (κ2) is 13.4. The molecule has 0 aliphatic heterocycles. The average Bonchev–Trinajstić information content (AvgIpc) is 2.88. The maximum Gasteiger partial charge on any atom is 0.424 e. The molecule has 7 heteroatoms. The van der Waals surface area contributed by atoms with Crippen molar-refractivity contribution >= 4 is 29.7 Å². The van der Waals surface area contributed by atoms with Crippen LogP contribution in [0.25, 0.3) is 0 Å². The lowest BCUT2D eigenvalue weighted by Gasteiger charge is -2.18. The van der Waals surface area contributed by atoms with E-state index in [2.05, 4.69) is 32.9 Å². The van der Waals surface area contributed by atoms with Gasteiger partial charge in [0.15, 0.2) is 12.8 Å². The van der Waals surface area contributed by atoms with E-state index in [-0.39, 0.29) is 31.0 Å². The number of rotatable bonds is 11. The summed E-state index contributed by atoms with van der Waals surface area (Å²) < 4.78 is 12.6. The van der Waals surface area contributed by atoms with Crippen molar-refractivity contribution < 1.29 is 28.7 Å². The summed E-state index contributed by atoms with van der Waals surface area (Å²) in [4.78, 5) is 24.5. The number of aliphatic carboxylic acids is 1. The minimum absolute atomic E-state index is 0.0430. The van der Waals surface area contributed by atoms with Crippen molar-refractivity contribution in [2.75, 3.05) is 13.2 Å². The second-order valence-electron chi connectivity index (χ2n) is 10.0. The van der Waals surface area contributed by atoms with Gasteiger partial charge < -0.3 is 19.4 Å². The molecule has 0 fully saturated rings. The number of nitrogens with zero attached hydrogens (tertiary/aromatic N) is 1. The van der Waals surface area contributed by atoms with Gasteiger partial charge in [-0.25, -0.2) is 4.79 Å². The van der Waals surface area contributed by atoms with E-state index in [0.717, 1.165) is 16.7 Å². The van der Waals surface area contributed by atoms with E-state index in [1.807, 2.05) is 24.3 Å². The zero-order valence-corrected chi connectivity index (χ0v) is 23.0. The first-order valence-electron chi connectivity index (χ1n) is 12.6. The lowest BCUT2D eigenvalue weighted by atomic mass is 9.87. The van der Waals surface area contributed by atoms with Gasteiger partial charge in [-0.05, 0) is 59.9 Å². The van der Waals surface area contributed by atoms with Gasteiger partial charge in [-0.1, -0.05) is 68.8 Å². The third kappa shape index (κ3) is 8.82. The van der Waals surface area contributed by atoms with Crippen LogP contribution in [0.2, 0.25) is 5.02 Å². The highest BCUT2D eigenvalue weighted by Crippen LogP contribution is 2.22. The van der Waals surface area contributed by atoms with E-state index in [9.17, 15) is 14.7 Å². The lowest BCUT2D eigenvalue weighted by molar-refractivity contribution is -0.461. The summed E-state index contributed by atoms with van der Waals surface area (Å²) in [5, 5.41) is 11.9. The highest BCUT2D eigenvalue weighted by molar-refractivity contribution is 6.30. The predicted octanol–water partition coefficient (Wildman–Crippen LogP) is 4.57. The molecule has 38 heavy (non-hydrogen) atoms. The van der Waals surface area contributed by atoms with Crippen molar-refractivity contribution in [3.63, 3.8) is 0 Å². The predicted molar refractivity (Wildman–Crippen MR) is 147 cm³/mol. The van der Waals surface area contributed by atoms with E-state index in [0.29, 0.717) is 17.3 Å². The Hall–Kier alpha value is -3.48. The van der Waals surface area contributed by atoms with E-state index in [4.69, 9.17) is 21.1 Å². The largest absolute Gasteiger partial charge is 0.547 e. The monoisotopic (exact) mass is 535 g/mol. The molecule has 6 nitrogen and oxygen atoms in total. The van der Waals surface area contributed by atoms with E-state index in [1.54, 1.807) is 54.1 Å². The number of hydrogen-bond acceptors (Lipinski definition) is 5. The van der Waals surface area contributed by atoms with Crippen molar-refractivity contribution in [2.45, 2.75) is 52.2 Å². The number of hydrogen-bond donors (Lipinski definition) is 0. The molecule has 0 aromatic heterocycles. The Morgan fingerprint density at radius 3 is 2.11 bits per heavy atom. The quantitative estimate of drug-likeness (QED) is 0.265. The highest BCUT2D eigenvalue weighted by Gasteiger charge is 2.21. The van der Waals surface area contributed by atoms with E-state index < -0.39 is 12.1 Å². The number of benzene rings is 3. The maximum atomic E-state index is 13.2. The molecule has 0 aliphatic carbocycles. The van der Waals surface area contributed by atoms with Crippen LogP contribution in [0.3, 0.4) is 0 Å². The molecule has 1 atom stereocenters. The van der Waals surface area contributed by atoms with Crippen LogP contribution in [0.1, 0.15) is 49.9 Å². The molecular formula is C31H34ClNO5. The summed E-state index contributed by atoms with van der Waals surface area (Å²) in [6.07, 6.45) is 0.965. The zero-order valence-electron chi connectivity index (χ0n) is 22.3. The van der Waals surface area contributed by atoms with Crippen LogP contribution < -0.4 is 9.84 Å². The molecule has 1 amide bonds. The maximum absolute atomic E-state index is 13.2. The van der Waals surface area contributed by atoms with Gasteiger partial charge in [-0.3, -0.25) is 0 Å². The smallest absolute Gasteiger partial charge is 0.424 e. The Labute approximate surface area is 229 Å². The molecule has 0 spiro atoms. The molecule has 0 N–H and O–H groups in total. The summed E-state index contributed by atoms with van der Waals surface area (Å²) in [5.41, 5.74) is 3.87. The summed E-state index contributed by atoms with van der Waals surface area (Å²) in [7, 11) is 0. The van der Waals surface area contributed by atoms with Crippen LogP contribution in [0, 0.1) is 0 Å². The number of halogens is 1. The fourth-order valence-electron chi connectivity index (χ4n) is 3.82. The molecule has 3 rings (SSSR count). The molecule has 0 saturated carbocycles. The molecule has 3 aromatic carbocycles. The number of carboxylic acids is 1. The van der Waals surface area contributed by atoms with Crippen molar-refractivity contribution in [2.24, 2.45) is 0 Å². The summed E-state index contributed by atoms with van der Waals surface area (Å²) in [5.74, 6) is -0.954. The third-order valence-electron chi connectivity index (χ3n) is 6.01. The number of ether oxygens (including phenoxy) is 2. The van der Waals surface area contributed by atoms with Crippen LogP contribution in [-0.2, 0) is 32.7 Å². The normalized spacial score (nSPS) is 12.7.